The third kappa shape index (κ3) is 3.41. The molecule has 1 saturated heterocycles. The van der Waals surface area contributed by atoms with Crippen LogP contribution in [0.25, 0.3) is 0 Å². The Labute approximate surface area is 154 Å². The molecular formula is C20H28N4O2. The fourth-order valence-electron chi connectivity index (χ4n) is 4.03. The lowest BCUT2D eigenvalue weighted by atomic mass is 9.92. The van der Waals surface area contributed by atoms with E-state index in [1.807, 2.05) is 24.9 Å². The molecule has 140 valence electrons. The van der Waals surface area contributed by atoms with Gasteiger partial charge in [-0.05, 0) is 58.3 Å². The Morgan fingerprint density at radius 3 is 2.50 bits per heavy atom. The summed E-state index contributed by atoms with van der Waals surface area (Å²) in [7, 11) is 0. The molecule has 4 rings (SSSR count). The van der Waals surface area contributed by atoms with Gasteiger partial charge < -0.3 is 14.0 Å². The number of amides is 1. The molecule has 6 nitrogen and oxygen atoms in total. The van der Waals surface area contributed by atoms with Crippen LogP contribution in [0.3, 0.4) is 0 Å². The minimum Gasteiger partial charge on any atom is -0.361 e. The second kappa shape index (κ2) is 6.89. The summed E-state index contributed by atoms with van der Waals surface area (Å²) >= 11 is 0. The highest BCUT2D eigenvalue weighted by atomic mass is 16.5. The molecule has 3 heterocycles. The van der Waals surface area contributed by atoms with Gasteiger partial charge in [0.25, 0.3) is 5.91 Å². The minimum atomic E-state index is 0.0609. The number of hydrogen-bond acceptors (Lipinski definition) is 4. The van der Waals surface area contributed by atoms with Crippen molar-refractivity contribution in [3.8, 4) is 0 Å². The number of aryl methyl sites for hydroxylation is 3. The number of piperidine rings is 1. The molecule has 0 radical (unpaired) electrons. The van der Waals surface area contributed by atoms with Crippen molar-refractivity contribution in [1.29, 1.82) is 0 Å². The van der Waals surface area contributed by atoms with E-state index in [-0.39, 0.29) is 5.91 Å². The summed E-state index contributed by atoms with van der Waals surface area (Å²) in [6, 6.07) is 0. The predicted octanol–water partition coefficient (Wildman–Crippen LogP) is 3.30. The summed E-state index contributed by atoms with van der Waals surface area (Å²) in [5, 5.41) is 3.91. The highest BCUT2D eigenvalue weighted by molar-refractivity contribution is 5.96. The van der Waals surface area contributed by atoms with Crippen molar-refractivity contribution in [3.05, 3.63) is 34.7 Å². The Balaban J connectivity index is 1.36. The second-order valence-corrected chi connectivity index (χ2v) is 8.01. The van der Waals surface area contributed by atoms with E-state index >= 15 is 0 Å². The van der Waals surface area contributed by atoms with Crippen LogP contribution in [0.2, 0.25) is 0 Å². The van der Waals surface area contributed by atoms with Crippen LogP contribution in [0.4, 0.5) is 0 Å². The lowest BCUT2D eigenvalue weighted by Gasteiger charge is -2.32. The fraction of sp³-hybridized carbons (Fsp3) is 0.650. The first-order valence-corrected chi connectivity index (χ1v) is 9.76. The average Bonchev–Trinajstić information content (AvgIpc) is 3.31. The zero-order valence-electron chi connectivity index (χ0n) is 16.0. The standard InChI is InChI=1S/C20H28N4O2/c1-13-11-21-18(24(13)12-17-4-5-17)10-16-6-8-23(9-7-16)20(25)19-14(2)22-26-15(19)3/h11,16-17H,4-10,12H2,1-3H3. The van der Waals surface area contributed by atoms with Gasteiger partial charge in [-0.3, -0.25) is 4.79 Å². The lowest BCUT2D eigenvalue weighted by Crippen LogP contribution is -2.39. The van der Waals surface area contributed by atoms with Crippen LogP contribution in [0, 0.1) is 32.6 Å². The van der Waals surface area contributed by atoms with Crippen molar-refractivity contribution in [1.82, 2.24) is 19.6 Å². The van der Waals surface area contributed by atoms with Gasteiger partial charge in [0.05, 0.1) is 5.69 Å². The van der Waals surface area contributed by atoms with Crippen LogP contribution >= 0.6 is 0 Å². The van der Waals surface area contributed by atoms with E-state index in [9.17, 15) is 4.79 Å². The molecule has 1 aliphatic heterocycles. The van der Waals surface area contributed by atoms with E-state index in [1.165, 1.54) is 24.4 Å². The van der Waals surface area contributed by atoms with Crippen LogP contribution in [-0.2, 0) is 13.0 Å². The molecule has 2 fully saturated rings. The molecule has 0 aromatic carbocycles. The first-order valence-electron chi connectivity index (χ1n) is 9.76. The molecule has 0 unspecified atom stereocenters. The topological polar surface area (TPSA) is 64.2 Å². The SMILES string of the molecule is Cc1noc(C)c1C(=O)N1CCC(Cc2ncc(C)n2CC2CC2)CC1. The highest BCUT2D eigenvalue weighted by Gasteiger charge is 2.29. The van der Waals surface area contributed by atoms with Crippen molar-refractivity contribution in [2.75, 3.05) is 13.1 Å². The number of carbonyl (C=O) groups is 1. The van der Waals surface area contributed by atoms with Gasteiger partial charge in [0.1, 0.15) is 17.1 Å². The van der Waals surface area contributed by atoms with Gasteiger partial charge in [-0.2, -0.15) is 0 Å². The molecule has 0 N–H and O–H groups in total. The monoisotopic (exact) mass is 356 g/mol. The van der Waals surface area contributed by atoms with Crippen LogP contribution < -0.4 is 0 Å². The van der Waals surface area contributed by atoms with E-state index < -0.39 is 0 Å². The summed E-state index contributed by atoms with van der Waals surface area (Å²) in [5.41, 5.74) is 2.60. The van der Waals surface area contributed by atoms with Crippen LogP contribution in [0.5, 0.6) is 0 Å². The molecule has 2 aliphatic rings. The predicted molar refractivity (Wildman–Crippen MR) is 98.0 cm³/mol. The number of hydrogen-bond donors (Lipinski definition) is 0. The van der Waals surface area contributed by atoms with Crippen LogP contribution in [0.15, 0.2) is 10.7 Å². The lowest BCUT2D eigenvalue weighted by molar-refractivity contribution is 0.0687. The first kappa shape index (κ1) is 17.3. The number of carbonyl (C=O) groups excluding carboxylic acids is 1. The Hall–Kier alpha value is -2.11. The summed E-state index contributed by atoms with van der Waals surface area (Å²) in [4.78, 5) is 19.4. The van der Waals surface area contributed by atoms with Crippen molar-refractivity contribution in [2.24, 2.45) is 11.8 Å². The Bertz CT molecular complexity index is 775. The quantitative estimate of drug-likeness (QED) is 0.824. The Kier molecular flexibility index (Phi) is 4.59. The average molecular weight is 356 g/mol. The summed E-state index contributed by atoms with van der Waals surface area (Å²) < 4.78 is 7.57. The third-order valence-electron chi connectivity index (χ3n) is 5.90. The maximum atomic E-state index is 12.8. The fourth-order valence-corrected chi connectivity index (χ4v) is 4.03. The molecule has 1 amide bonds. The number of nitrogens with zero attached hydrogens (tertiary/aromatic N) is 4. The molecular weight excluding hydrogens is 328 g/mol. The molecule has 0 atom stereocenters. The van der Waals surface area contributed by atoms with Crippen molar-refractivity contribution in [2.45, 2.75) is 59.4 Å². The Morgan fingerprint density at radius 2 is 1.88 bits per heavy atom. The third-order valence-corrected chi connectivity index (χ3v) is 5.90. The van der Waals surface area contributed by atoms with Gasteiger partial charge >= 0.3 is 0 Å². The molecule has 6 heteroatoms. The van der Waals surface area contributed by atoms with Gasteiger partial charge in [-0.15, -0.1) is 0 Å². The number of rotatable bonds is 5. The van der Waals surface area contributed by atoms with E-state index in [1.54, 1.807) is 0 Å². The van der Waals surface area contributed by atoms with E-state index in [2.05, 4.69) is 21.6 Å². The maximum Gasteiger partial charge on any atom is 0.259 e. The Morgan fingerprint density at radius 1 is 1.15 bits per heavy atom. The normalized spacial score (nSPS) is 18.5. The number of imidazole rings is 1. The number of likely N-dealkylation sites (tertiary alicyclic amines) is 1. The summed E-state index contributed by atoms with van der Waals surface area (Å²) in [6.07, 6.45) is 7.81. The summed E-state index contributed by atoms with van der Waals surface area (Å²) in [6.45, 7) is 8.53. The molecule has 0 bridgehead atoms. The summed E-state index contributed by atoms with van der Waals surface area (Å²) in [5.74, 6) is 3.36. The first-order chi connectivity index (χ1) is 12.5. The molecule has 26 heavy (non-hydrogen) atoms. The van der Waals surface area contributed by atoms with E-state index in [4.69, 9.17) is 4.52 Å². The van der Waals surface area contributed by atoms with Crippen LogP contribution in [-0.4, -0.2) is 38.6 Å². The van der Waals surface area contributed by atoms with E-state index in [0.29, 0.717) is 22.9 Å². The second-order valence-electron chi connectivity index (χ2n) is 8.01. The van der Waals surface area contributed by atoms with Gasteiger partial charge in [0.2, 0.25) is 0 Å². The molecule has 2 aromatic rings. The van der Waals surface area contributed by atoms with Gasteiger partial charge in [-0.25, -0.2) is 4.98 Å². The zero-order chi connectivity index (χ0) is 18.3. The van der Waals surface area contributed by atoms with Gasteiger partial charge in [0.15, 0.2) is 0 Å². The van der Waals surface area contributed by atoms with Crippen LogP contribution in [0.1, 0.15) is 59.0 Å². The van der Waals surface area contributed by atoms with Crippen molar-refractivity contribution in [3.63, 3.8) is 0 Å². The number of aromatic nitrogens is 3. The molecule has 0 spiro atoms. The molecule has 1 saturated carbocycles. The smallest absolute Gasteiger partial charge is 0.259 e. The zero-order valence-corrected chi connectivity index (χ0v) is 16.0. The maximum absolute atomic E-state index is 12.8. The molecule has 1 aliphatic carbocycles. The largest absolute Gasteiger partial charge is 0.361 e. The van der Waals surface area contributed by atoms with Crippen molar-refractivity contribution < 1.29 is 9.32 Å². The van der Waals surface area contributed by atoms with Gasteiger partial charge in [0, 0.05) is 37.9 Å². The van der Waals surface area contributed by atoms with E-state index in [0.717, 1.165) is 44.8 Å². The van der Waals surface area contributed by atoms with Crippen molar-refractivity contribution >= 4 is 5.91 Å². The van der Waals surface area contributed by atoms with Gasteiger partial charge in [-0.1, -0.05) is 5.16 Å². The minimum absolute atomic E-state index is 0.0609. The highest BCUT2D eigenvalue weighted by Crippen LogP contribution is 2.32. The molecule has 2 aromatic heterocycles.